The molecule has 0 heterocycles. The average Bonchev–Trinajstić information content (AvgIpc) is 2.35. The lowest BCUT2D eigenvalue weighted by atomic mass is 10.1. The summed E-state index contributed by atoms with van der Waals surface area (Å²) in [7, 11) is 1.39. The fourth-order valence-corrected chi connectivity index (χ4v) is 1.98. The molecule has 0 atom stereocenters. The minimum absolute atomic E-state index is 0.309. The molecule has 0 aromatic heterocycles. The number of ether oxygens (including phenoxy) is 1. The third kappa shape index (κ3) is 4.48. The van der Waals surface area contributed by atoms with E-state index in [1.54, 1.807) is 12.1 Å². The van der Waals surface area contributed by atoms with Crippen molar-refractivity contribution in [3.05, 3.63) is 33.8 Å². The molecule has 0 saturated heterocycles. The van der Waals surface area contributed by atoms with E-state index < -0.39 is 0 Å². The number of hydrogen-bond acceptors (Lipinski definition) is 3. The van der Waals surface area contributed by atoms with Crippen LogP contribution in [0.4, 0.5) is 0 Å². The van der Waals surface area contributed by atoms with Gasteiger partial charge >= 0.3 is 5.97 Å². The van der Waals surface area contributed by atoms with E-state index in [9.17, 15) is 4.79 Å². The van der Waals surface area contributed by atoms with Crippen LogP contribution in [0.5, 0.6) is 0 Å². The molecule has 0 spiro atoms. The summed E-state index contributed by atoms with van der Waals surface area (Å²) in [6, 6.07) is 5.52. The van der Waals surface area contributed by atoms with E-state index in [1.165, 1.54) is 20.0 Å². The first kappa shape index (κ1) is 14.2. The predicted molar refractivity (Wildman–Crippen MR) is 72.1 cm³/mol. The number of hydrogen-bond donors (Lipinski definition) is 1. The lowest BCUT2D eigenvalue weighted by Gasteiger charge is -2.07. The molecule has 17 heavy (non-hydrogen) atoms. The summed E-state index contributed by atoms with van der Waals surface area (Å²) in [5, 5.41) is 3.36. The maximum absolute atomic E-state index is 11.3. The molecule has 0 aliphatic rings. The number of esters is 1. The van der Waals surface area contributed by atoms with E-state index in [-0.39, 0.29) is 5.97 Å². The molecule has 1 aromatic carbocycles. The molecule has 3 nitrogen and oxygen atoms in total. The Morgan fingerprint density at radius 2 is 2.24 bits per heavy atom. The maximum Gasteiger partial charge on any atom is 0.337 e. The zero-order chi connectivity index (χ0) is 12.7. The van der Waals surface area contributed by atoms with Gasteiger partial charge in [0, 0.05) is 11.0 Å². The second-order valence-corrected chi connectivity index (χ2v) is 4.68. The standard InChI is InChI=1S/C13H18BrNO2/c1-3-4-7-15-9-11-6-5-10(8-12(11)14)13(16)17-2/h5-6,8,15H,3-4,7,9H2,1-2H3. The largest absolute Gasteiger partial charge is 0.465 e. The minimum Gasteiger partial charge on any atom is -0.465 e. The first-order valence-electron chi connectivity index (χ1n) is 5.76. The summed E-state index contributed by atoms with van der Waals surface area (Å²) >= 11 is 3.47. The number of carbonyl (C=O) groups is 1. The lowest BCUT2D eigenvalue weighted by Crippen LogP contribution is -2.15. The smallest absolute Gasteiger partial charge is 0.337 e. The number of halogens is 1. The molecule has 0 aliphatic heterocycles. The highest BCUT2D eigenvalue weighted by Crippen LogP contribution is 2.19. The fourth-order valence-electron chi connectivity index (χ4n) is 1.46. The van der Waals surface area contributed by atoms with Crippen molar-refractivity contribution in [3.8, 4) is 0 Å². The van der Waals surface area contributed by atoms with Gasteiger partial charge in [-0.15, -0.1) is 0 Å². The Morgan fingerprint density at radius 3 is 2.82 bits per heavy atom. The van der Waals surface area contributed by atoms with Gasteiger partial charge < -0.3 is 10.1 Å². The average molecular weight is 300 g/mol. The number of carbonyl (C=O) groups excluding carboxylic acids is 1. The quantitative estimate of drug-likeness (QED) is 0.648. The highest BCUT2D eigenvalue weighted by molar-refractivity contribution is 9.10. The first-order chi connectivity index (χ1) is 8.19. The Hall–Kier alpha value is -0.870. The van der Waals surface area contributed by atoms with Gasteiger partial charge in [-0.1, -0.05) is 35.3 Å². The Morgan fingerprint density at radius 1 is 1.47 bits per heavy atom. The first-order valence-corrected chi connectivity index (χ1v) is 6.55. The molecule has 0 amide bonds. The number of rotatable bonds is 6. The van der Waals surface area contributed by atoms with E-state index in [4.69, 9.17) is 0 Å². The molecular formula is C13H18BrNO2. The topological polar surface area (TPSA) is 38.3 Å². The number of nitrogens with one attached hydrogen (secondary N) is 1. The van der Waals surface area contributed by atoms with Gasteiger partial charge in [-0.3, -0.25) is 0 Å². The van der Waals surface area contributed by atoms with Crippen LogP contribution in [0.15, 0.2) is 22.7 Å². The number of benzene rings is 1. The fraction of sp³-hybridized carbons (Fsp3) is 0.462. The zero-order valence-electron chi connectivity index (χ0n) is 10.3. The van der Waals surface area contributed by atoms with Gasteiger partial charge in [0.25, 0.3) is 0 Å². The highest BCUT2D eigenvalue weighted by atomic mass is 79.9. The molecule has 1 rings (SSSR count). The minimum atomic E-state index is -0.309. The van der Waals surface area contributed by atoms with Gasteiger partial charge in [0.05, 0.1) is 12.7 Å². The summed E-state index contributed by atoms with van der Waals surface area (Å²) in [6.45, 7) is 3.99. The second-order valence-electron chi connectivity index (χ2n) is 3.83. The van der Waals surface area contributed by atoms with Gasteiger partial charge in [-0.25, -0.2) is 4.79 Å². The Balaban J connectivity index is 2.60. The van der Waals surface area contributed by atoms with Crippen molar-refractivity contribution in [3.63, 3.8) is 0 Å². The molecule has 0 fully saturated rings. The maximum atomic E-state index is 11.3. The van der Waals surface area contributed by atoms with Crippen molar-refractivity contribution in [2.75, 3.05) is 13.7 Å². The summed E-state index contributed by atoms with van der Waals surface area (Å²) in [5.41, 5.74) is 1.71. The molecule has 1 aromatic rings. The van der Waals surface area contributed by atoms with Crippen molar-refractivity contribution in [2.24, 2.45) is 0 Å². The summed E-state index contributed by atoms with van der Waals surface area (Å²) < 4.78 is 5.60. The van der Waals surface area contributed by atoms with Crippen LogP contribution >= 0.6 is 15.9 Å². The van der Waals surface area contributed by atoms with Crippen LogP contribution in [0.3, 0.4) is 0 Å². The molecule has 0 radical (unpaired) electrons. The van der Waals surface area contributed by atoms with Crippen LogP contribution < -0.4 is 5.32 Å². The molecule has 0 bridgehead atoms. The summed E-state index contributed by atoms with van der Waals surface area (Å²) in [6.07, 6.45) is 2.37. The Labute approximate surface area is 111 Å². The summed E-state index contributed by atoms with van der Waals surface area (Å²) in [5.74, 6) is -0.309. The van der Waals surface area contributed by atoms with Crippen molar-refractivity contribution in [1.29, 1.82) is 0 Å². The number of methoxy groups -OCH3 is 1. The van der Waals surface area contributed by atoms with Crippen molar-refractivity contribution in [1.82, 2.24) is 5.32 Å². The van der Waals surface area contributed by atoms with Crippen molar-refractivity contribution < 1.29 is 9.53 Å². The third-order valence-electron chi connectivity index (χ3n) is 2.50. The molecular weight excluding hydrogens is 282 g/mol. The van der Waals surface area contributed by atoms with Gasteiger partial charge in [-0.05, 0) is 30.7 Å². The molecule has 4 heteroatoms. The Kier molecular flexibility index (Phi) is 6.22. The van der Waals surface area contributed by atoms with E-state index >= 15 is 0 Å². The van der Waals surface area contributed by atoms with Crippen molar-refractivity contribution >= 4 is 21.9 Å². The second kappa shape index (κ2) is 7.45. The van der Waals surface area contributed by atoms with Crippen LogP contribution in [-0.2, 0) is 11.3 Å². The van der Waals surface area contributed by atoms with Crippen LogP contribution in [0.1, 0.15) is 35.7 Å². The van der Waals surface area contributed by atoms with E-state index in [2.05, 4.69) is 32.9 Å². The van der Waals surface area contributed by atoms with E-state index in [0.717, 1.165) is 23.1 Å². The van der Waals surface area contributed by atoms with Gasteiger partial charge in [-0.2, -0.15) is 0 Å². The molecule has 0 unspecified atom stereocenters. The van der Waals surface area contributed by atoms with E-state index in [1.807, 2.05) is 6.07 Å². The summed E-state index contributed by atoms with van der Waals surface area (Å²) in [4.78, 5) is 11.3. The van der Waals surface area contributed by atoms with Gasteiger partial charge in [0.15, 0.2) is 0 Å². The SMILES string of the molecule is CCCCNCc1ccc(C(=O)OC)cc1Br. The predicted octanol–water partition coefficient (Wildman–Crippen LogP) is 3.13. The molecule has 0 saturated carbocycles. The van der Waals surface area contributed by atoms with Crippen LogP contribution in [-0.4, -0.2) is 19.6 Å². The molecule has 1 N–H and O–H groups in total. The molecule has 0 aliphatic carbocycles. The monoisotopic (exact) mass is 299 g/mol. The van der Waals surface area contributed by atoms with Gasteiger partial charge in [0.1, 0.15) is 0 Å². The molecule has 94 valence electrons. The van der Waals surface area contributed by atoms with Crippen molar-refractivity contribution in [2.45, 2.75) is 26.3 Å². The normalized spacial score (nSPS) is 10.3. The number of unbranched alkanes of at least 4 members (excludes halogenated alkanes) is 1. The van der Waals surface area contributed by atoms with Gasteiger partial charge in [0.2, 0.25) is 0 Å². The zero-order valence-corrected chi connectivity index (χ0v) is 11.8. The van der Waals surface area contributed by atoms with E-state index in [0.29, 0.717) is 5.56 Å². The van der Waals surface area contributed by atoms with Crippen LogP contribution in [0.25, 0.3) is 0 Å². The Bertz CT molecular complexity index is 380. The van der Waals surface area contributed by atoms with Crippen LogP contribution in [0.2, 0.25) is 0 Å². The van der Waals surface area contributed by atoms with Crippen LogP contribution in [0, 0.1) is 0 Å². The lowest BCUT2D eigenvalue weighted by molar-refractivity contribution is 0.0600. The highest BCUT2D eigenvalue weighted by Gasteiger charge is 2.07. The third-order valence-corrected chi connectivity index (χ3v) is 3.23.